The molecule has 0 fully saturated rings. The molecule has 2 rings (SSSR count). The van der Waals surface area contributed by atoms with E-state index >= 15 is 0 Å². The Hall–Kier alpha value is -1.10. The molecule has 0 spiro atoms. The van der Waals surface area contributed by atoms with E-state index in [1.807, 2.05) is 0 Å². The minimum atomic E-state index is -0.429. The third kappa shape index (κ3) is 2.19. The van der Waals surface area contributed by atoms with Crippen LogP contribution in [0.1, 0.15) is 18.6 Å². The molecule has 0 bridgehead atoms. The summed E-state index contributed by atoms with van der Waals surface area (Å²) in [4.78, 5) is 10.9. The summed E-state index contributed by atoms with van der Waals surface area (Å²) in [7, 11) is 0. The fourth-order valence-corrected chi connectivity index (χ4v) is 2.16. The van der Waals surface area contributed by atoms with Gasteiger partial charge in [0.1, 0.15) is 24.3 Å². The molecule has 0 radical (unpaired) electrons. The molecule has 1 aromatic carbocycles. The van der Waals surface area contributed by atoms with Gasteiger partial charge in [-0.2, -0.15) is 0 Å². The van der Waals surface area contributed by atoms with Crippen molar-refractivity contribution in [1.82, 2.24) is 0 Å². The average molecular weight is 289 g/mol. The Morgan fingerprint density at radius 1 is 1.62 bits per heavy atom. The molecule has 3 nitrogen and oxygen atoms in total. The van der Waals surface area contributed by atoms with Crippen molar-refractivity contribution < 1.29 is 18.7 Å². The summed E-state index contributed by atoms with van der Waals surface area (Å²) in [6.45, 7) is 1.69. The van der Waals surface area contributed by atoms with Gasteiger partial charge in [0.2, 0.25) is 0 Å². The first kappa shape index (κ1) is 11.4. The van der Waals surface area contributed by atoms with Crippen LogP contribution in [0.2, 0.25) is 0 Å². The number of hydrogen-bond donors (Lipinski definition) is 0. The van der Waals surface area contributed by atoms with Gasteiger partial charge in [0.15, 0.2) is 0 Å². The highest BCUT2D eigenvalue weighted by Gasteiger charge is 2.31. The van der Waals surface area contributed by atoms with Crippen LogP contribution in [0.15, 0.2) is 18.2 Å². The smallest absolute Gasteiger partial charge is 0.303 e. The van der Waals surface area contributed by atoms with Crippen LogP contribution in [0.25, 0.3) is 0 Å². The maximum atomic E-state index is 13.0. The Labute approximate surface area is 101 Å². The summed E-state index contributed by atoms with van der Waals surface area (Å²) >= 11 is 3.38. The highest BCUT2D eigenvalue weighted by molar-refractivity contribution is 9.09. The van der Waals surface area contributed by atoms with Crippen LogP contribution < -0.4 is 4.74 Å². The maximum Gasteiger partial charge on any atom is 0.303 e. The molecule has 2 atom stereocenters. The Balaban J connectivity index is 2.36. The molecule has 0 unspecified atom stereocenters. The van der Waals surface area contributed by atoms with Crippen LogP contribution >= 0.6 is 15.9 Å². The molecule has 0 saturated carbocycles. The SMILES string of the molecule is CC(=O)O[C@H]1c2ccc(F)cc2OC[C@@H]1Br. The number of rotatable bonds is 1. The van der Waals surface area contributed by atoms with Crippen LogP contribution in [-0.2, 0) is 9.53 Å². The second-order valence-electron chi connectivity index (χ2n) is 3.54. The zero-order valence-electron chi connectivity index (χ0n) is 8.57. The highest BCUT2D eigenvalue weighted by Crippen LogP contribution is 2.38. The van der Waals surface area contributed by atoms with Gasteiger partial charge >= 0.3 is 5.97 Å². The zero-order valence-corrected chi connectivity index (χ0v) is 10.2. The van der Waals surface area contributed by atoms with E-state index in [4.69, 9.17) is 9.47 Å². The lowest BCUT2D eigenvalue weighted by atomic mass is 10.0. The molecule has 1 aliphatic heterocycles. The van der Waals surface area contributed by atoms with Crippen molar-refractivity contribution in [2.75, 3.05) is 6.61 Å². The number of carbonyl (C=O) groups excluding carboxylic acids is 1. The summed E-state index contributed by atoms with van der Waals surface area (Å²) in [5.41, 5.74) is 0.685. The first-order valence-corrected chi connectivity index (χ1v) is 5.73. The number of halogens is 2. The van der Waals surface area contributed by atoms with Gasteiger partial charge in [-0.1, -0.05) is 15.9 Å². The molecule has 16 heavy (non-hydrogen) atoms. The van der Waals surface area contributed by atoms with E-state index in [0.717, 1.165) is 0 Å². The minimum Gasteiger partial charge on any atom is -0.492 e. The van der Waals surface area contributed by atoms with Crippen molar-refractivity contribution in [2.24, 2.45) is 0 Å². The quantitative estimate of drug-likeness (QED) is 0.589. The second kappa shape index (κ2) is 4.41. The maximum absolute atomic E-state index is 13.0. The fourth-order valence-electron chi connectivity index (χ4n) is 1.64. The van der Waals surface area contributed by atoms with E-state index in [1.54, 1.807) is 6.07 Å². The summed E-state index contributed by atoms with van der Waals surface area (Å²) in [5.74, 6) is -0.304. The topological polar surface area (TPSA) is 35.5 Å². The van der Waals surface area contributed by atoms with Gasteiger partial charge in [0.05, 0.1) is 4.83 Å². The first-order chi connectivity index (χ1) is 7.58. The van der Waals surface area contributed by atoms with Crippen molar-refractivity contribution in [3.8, 4) is 5.75 Å². The van der Waals surface area contributed by atoms with E-state index < -0.39 is 6.10 Å². The van der Waals surface area contributed by atoms with E-state index in [1.165, 1.54) is 19.1 Å². The molecule has 1 heterocycles. The number of benzene rings is 1. The monoisotopic (exact) mass is 288 g/mol. The number of ether oxygens (including phenoxy) is 2. The Morgan fingerprint density at radius 2 is 2.38 bits per heavy atom. The number of alkyl halides is 1. The molecule has 86 valence electrons. The van der Waals surface area contributed by atoms with Gasteiger partial charge in [0.25, 0.3) is 0 Å². The summed E-state index contributed by atoms with van der Waals surface area (Å²) in [5, 5.41) is 0. The lowest BCUT2D eigenvalue weighted by molar-refractivity contribution is -0.147. The van der Waals surface area contributed by atoms with Crippen molar-refractivity contribution in [2.45, 2.75) is 17.9 Å². The van der Waals surface area contributed by atoms with Crippen LogP contribution in [0, 0.1) is 5.82 Å². The standard InChI is InChI=1S/C11H10BrFO3/c1-6(14)16-11-8-3-2-7(13)4-10(8)15-5-9(11)12/h2-4,9,11H,5H2,1H3/t9-,11-/m0/s1. The fraction of sp³-hybridized carbons (Fsp3) is 0.364. The van der Waals surface area contributed by atoms with E-state index in [0.29, 0.717) is 17.9 Å². The van der Waals surface area contributed by atoms with Crippen molar-refractivity contribution in [3.63, 3.8) is 0 Å². The molecule has 0 aliphatic carbocycles. The largest absolute Gasteiger partial charge is 0.492 e. The molecule has 5 heteroatoms. The lowest BCUT2D eigenvalue weighted by Crippen LogP contribution is -2.29. The third-order valence-electron chi connectivity index (χ3n) is 2.30. The van der Waals surface area contributed by atoms with E-state index in [2.05, 4.69) is 15.9 Å². The highest BCUT2D eigenvalue weighted by atomic mass is 79.9. The summed E-state index contributed by atoms with van der Waals surface area (Å²) in [6, 6.07) is 4.19. The summed E-state index contributed by atoms with van der Waals surface area (Å²) in [6.07, 6.45) is -0.429. The predicted molar refractivity (Wildman–Crippen MR) is 59.1 cm³/mol. The van der Waals surface area contributed by atoms with Gasteiger partial charge in [-0.05, 0) is 12.1 Å². The number of hydrogen-bond acceptors (Lipinski definition) is 3. The van der Waals surface area contributed by atoms with Crippen molar-refractivity contribution in [3.05, 3.63) is 29.6 Å². The van der Waals surface area contributed by atoms with Crippen LogP contribution in [0.3, 0.4) is 0 Å². The van der Waals surface area contributed by atoms with E-state index in [9.17, 15) is 9.18 Å². The molecular weight excluding hydrogens is 279 g/mol. The third-order valence-corrected chi connectivity index (χ3v) is 3.05. The summed E-state index contributed by atoms with van der Waals surface area (Å²) < 4.78 is 23.5. The van der Waals surface area contributed by atoms with Crippen molar-refractivity contribution >= 4 is 21.9 Å². The number of esters is 1. The Kier molecular flexibility index (Phi) is 3.14. The predicted octanol–water partition coefficient (Wildman–Crippen LogP) is 2.59. The number of fused-ring (bicyclic) bond motifs is 1. The normalized spacial score (nSPS) is 23.2. The van der Waals surface area contributed by atoms with Crippen molar-refractivity contribution in [1.29, 1.82) is 0 Å². The van der Waals surface area contributed by atoms with Crippen LogP contribution in [0.5, 0.6) is 5.75 Å². The average Bonchev–Trinajstić information content (AvgIpc) is 2.22. The molecule has 0 aromatic heterocycles. The van der Waals surface area contributed by atoms with Gasteiger partial charge in [-0.15, -0.1) is 0 Å². The molecule has 0 N–H and O–H groups in total. The lowest BCUT2D eigenvalue weighted by Gasteiger charge is -2.29. The van der Waals surface area contributed by atoms with Crippen LogP contribution in [0.4, 0.5) is 4.39 Å². The molecule has 1 aromatic rings. The Bertz CT molecular complexity index is 422. The first-order valence-electron chi connectivity index (χ1n) is 4.81. The minimum absolute atomic E-state index is 0.116. The van der Waals surface area contributed by atoms with Crippen LogP contribution in [-0.4, -0.2) is 17.4 Å². The van der Waals surface area contributed by atoms with Gasteiger partial charge < -0.3 is 9.47 Å². The zero-order chi connectivity index (χ0) is 11.7. The van der Waals surface area contributed by atoms with Gasteiger partial charge in [-0.3, -0.25) is 4.79 Å². The van der Waals surface area contributed by atoms with Gasteiger partial charge in [0, 0.05) is 18.6 Å². The second-order valence-corrected chi connectivity index (χ2v) is 4.72. The molecule has 0 saturated heterocycles. The molecule has 1 aliphatic rings. The molecule has 0 amide bonds. The molecular formula is C11H10BrFO3. The van der Waals surface area contributed by atoms with E-state index in [-0.39, 0.29) is 16.6 Å². The van der Waals surface area contributed by atoms with Gasteiger partial charge in [-0.25, -0.2) is 4.39 Å². The Morgan fingerprint density at radius 3 is 3.06 bits per heavy atom. The number of carbonyl (C=O) groups is 1.